The van der Waals surface area contributed by atoms with Gasteiger partial charge in [0, 0.05) is 30.0 Å². The molecule has 23 heavy (non-hydrogen) atoms. The van der Waals surface area contributed by atoms with E-state index in [1.807, 2.05) is 12.1 Å². The molecule has 2 N–H and O–H groups in total. The predicted octanol–water partition coefficient (Wildman–Crippen LogP) is 1.91. The lowest BCUT2D eigenvalue weighted by atomic mass is 10.1. The van der Waals surface area contributed by atoms with E-state index < -0.39 is 11.5 Å². The van der Waals surface area contributed by atoms with Crippen LogP contribution in [-0.4, -0.2) is 20.6 Å². The number of anilines is 1. The first kappa shape index (κ1) is 13.5. The van der Waals surface area contributed by atoms with E-state index in [1.165, 1.54) is 12.4 Å². The molecular formula is C17H13N3O3. The van der Waals surface area contributed by atoms with Gasteiger partial charge in [0.2, 0.25) is 0 Å². The van der Waals surface area contributed by atoms with Crippen LogP contribution in [0, 0.1) is 0 Å². The third kappa shape index (κ3) is 1.99. The lowest BCUT2D eigenvalue weighted by molar-refractivity contribution is 0.102. The second kappa shape index (κ2) is 4.95. The van der Waals surface area contributed by atoms with Crippen molar-refractivity contribution < 1.29 is 9.90 Å². The Labute approximate surface area is 131 Å². The molecule has 0 fully saturated rings. The molecule has 3 aromatic rings. The Morgan fingerprint density at radius 2 is 2.00 bits per heavy atom. The Morgan fingerprint density at radius 3 is 2.78 bits per heavy atom. The number of hydrogen-bond acceptors (Lipinski definition) is 4. The van der Waals surface area contributed by atoms with E-state index in [9.17, 15) is 14.7 Å². The molecule has 0 unspecified atom stereocenters. The summed E-state index contributed by atoms with van der Waals surface area (Å²) in [6.07, 6.45) is 3.80. The number of aromatic hydroxyl groups is 1. The Hall–Kier alpha value is -3.15. The van der Waals surface area contributed by atoms with Gasteiger partial charge >= 0.3 is 0 Å². The summed E-state index contributed by atoms with van der Waals surface area (Å²) in [5.41, 5.74) is 1.55. The van der Waals surface area contributed by atoms with Gasteiger partial charge in [-0.05, 0) is 30.2 Å². The maximum Gasteiger partial charge on any atom is 0.267 e. The molecular weight excluding hydrogens is 294 g/mol. The summed E-state index contributed by atoms with van der Waals surface area (Å²) in [7, 11) is 0. The van der Waals surface area contributed by atoms with Gasteiger partial charge in [-0.25, -0.2) is 0 Å². The summed E-state index contributed by atoms with van der Waals surface area (Å²) in [6.45, 7) is 0.518. The van der Waals surface area contributed by atoms with Gasteiger partial charge in [0.1, 0.15) is 11.3 Å². The number of aryl methyl sites for hydroxylation is 2. The number of carbonyl (C=O) groups excluding carboxylic acids is 1. The summed E-state index contributed by atoms with van der Waals surface area (Å²) in [5, 5.41) is 13.6. The van der Waals surface area contributed by atoms with Crippen LogP contribution in [0.4, 0.5) is 5.69 Å². The van der Waals surface area contributed by atoms with Crippen molar-refractivity contribution in [2.45, 2.75) is 13.0 Å². The number of benzene rings is 1. The molecule has 0 bridgehead atoms. The van der Waals surface area contributed by atoms with Crippen LogP contribution < -0.4 is 10.9 Å². The third-order valence-electron chi connectivity index (χ3n) is 4.11. The zero-order valence-corrected chi connectivity index (χ0v) is 12.1. The standard InChI is InChI=1S/C17H13N3O3/c21-15-12-3-1-2-10-6-9-20(14(10)12)17(23)13(15)16(22)19-11-4-7-18-8-5-11/h1-5,7-8,21H,6,9H2,(H,18,19,22). The van der Waals surface area contributed by atoms with Crippen molar-refractivity contribution in [3.8, 4) is 5.75 Å². The highest BCUT2D eigenvalue weighted by atomic mass is 16.3. The van der Waals surface area contributed by atoms with Gasteiger partial charge < -0.3 is 15.0 Å². The summed E-state index contributed by atoms with van der Waals surface area (Å²) in [6, 6.07) is 8.71. The lowest BCUT2D eigenvalue weighted by Gasteiger charge is -2.11. The van der Waals surface area contributed by atoms with Gasteiger partial charge in [-0.1, -0.05) is 12.1 Å². The first-order valence-electron chi connectivity index (χ1n) is 7.25. The molecule has 0 radical (unpaired) electrons. The van der Waals surface area contributed by atoms with E-state index in [4.69, 9.17) is 0 Å². The molecule has 6 heteroatoms. The van der Waals surface area contributed by atoms with Crippen molar-refractivity contribution in [3.05, 3.63) is 64.2 Å². The molecule has 1 aliphatic rings. The molecule has 1 aliphatic heterocycles. The highest BCUT2D eigenvalue weighted by molar-refractivity contribution is 6.09. The maximum absolute atomic E-state index is 12.6. The number of rotatable bonds is 2. The molecule has 1 aromatic carbocycles. The van der Waals surface area contributed by atoms with Crippen LogP contribution in [0.3, 0.4) is 0 Å². The number of para-hydroxylation sites is 1. The van der Waals surface area contributed by atoms with Crippen molar-refractivity contribution in [1.29, 1.82) is 0 Å². The van der Waals surface area contributed by atoms with Crippen LogP contribution >= 0.6 is 0 Å². The smallest absolute Gasteiger partial charge is 0.267 e. The summed E-state index contributed by atoms with van der Waals surface area (Å²) in [4.78, 5) is 29.0. The lowest BCUT2D eigenvalue weighted by Crippen LogP contribution is -2.28. The number of aromatic nitrogens is 2. The van der Waals surface area contributed by atoms with E-state index >= 15 is 0 Å². The predicted molar refractivity (Wildman–Crippen MR) is 85.8 cm³/mol. The Balaban J connectivity index is 1.89. The van der Waals surface area contributed by atoms with Crippen LogP contribution in [-0.2, 0) is 13.0 Å². The van der Waals surface area contributed by atoms with Gasteiger partial charge in [0.15, 0.2) is 0 Å². The summed E-state index contributed by atoms with van der Waals surface area (Å²) >= 11 is 0. The second-order valence-electron chi connectivity index (χ2n) is 5.43. The number of carbonyl (C=O) groups is 1. The Kier molecular flexibility index (Phi) is 2.90. The van der Waals surface area contributed by atoms with Gasteiger partial charge in [-0.15, -0.1) is 0 Å². The van der Waals surface area contributed by atoms with Gasteiger partial charge in [0.05, 0.1) is 5.52 Å². The SMILES string of the molecule is O=C(Nc1ccncc1)c1c(O)c2cccc3c2n(c1=O)CC3. The van der Waals surface area contributed by atoms with Crippen molar-refractivity contribution >= 4 is 22.5 Å². The second-order valence-corrected chi connectivity index (χ2v) is 5.43. The first-order valence-corrected chi connectivity index (χ1v) is 7.25. The van der Waals surface area contributed by atoms with Crippen molar-refractivity contribution in [3.63, 3.8) is 0 Å². The molecule has 1 amide bonds. The minimum absolute atomic E-state index is 0.228. The van der Waals surface area contributed by atoms with Crippen molar-refractivity contribution in [1.82, 2.24) is 9.55 Å². The fraction of sp³-hybridized carbons (Fsp3) is 0.118. The molecule has 0 saturated heterocycles. The van der Waals surface area contributed by atoms with Crippen LogP contribution in [0.1, 0.15) is 15.9 Å². The van der Waals surface area contributed by atoms with E-state index in [1.54, 1.807) is 22.8 Å². The zero-order chi connectivity index (χ0) is 16.0. The van der Waals surface area contributed by atoms with E-state index in [0.717, 1.165) is 17.5 Å². The molecule has 0 aliphatic carbocycles. The fourth-order valence-electron chi connectivity index (χ4n) is 3.05. The minimum atomic E-state index is -0.623. The van der Waals surface area contributed by atoms with Crippen LogP contribution in [0.25, 0.3) is 10.9 Å². The van der Waals surface area contributed by atoms with E-state index in [0.29, 0.717) is 17.6 Å². The molecule has 0 spiro atoms. The topological polar surface area (TPSA) is 84.2 Å². The molecule has 2 aromatic heterocycles. The number of nitrogens with one attached hydrogen (secondary N) is 1. The van der Waals surface area contributed by atoms with Crippen LogP contribution in [0.15, 0.2) is 47.5 Å². The quantitative estimate of drug-likeness (QED) is 0.757. The summed E-state index contributed by atoms with van der Waals surface area (Å²) < 4.78 is 1.56. The third-order valence-corrected chi connectivity index (χ3v) is 4.11. The number of hydrogen-bond donors (Lipinski definition) is 2. The molecule has 4 rings (SSSR count). The Morgan fingerprint density at radius 1 is 1.22 bits per heavy atom. The highest BCUT2D eigenvalue weighted by Crippen LogP contribution is 2.32. The average molecular weight is 307 g/mol. The Bertz CT molecular complexity index is 993. The molecule has 0 atom stereocenters. The van der Waals surface area contributed by atoms with E-state index in [2.05, 4.69) is 10.3 Å². The van der Waals surface area contributed by atoms with Gasteiger partial charge in [-0.2, -0.15) is 0 Å². The number of amides is 1. The monoisotopic (exact) mass is 307 g/mol. The summed E-state index contributed by atoms with van der Waals surface area (Å²) in [5.74, 6) is -0.891. The van der Waals surface area contributed by atoms with Crippen molar-refractivity contribution in [2.75, 3.05) is 5.32 Å². The normalized spacial score (nSPS) is 12.5. The minimum Gasteiger partial charge on any atom is -0.506 e. The average Bonchev–Trinajstić information content (AvgIpc) is 2.99. The number of nitrogens with zero attached hydrogens (tertiary/aromatic N) is 2. The largest absolute Gasteiger partial charge is 0.506 e. The molecule has 6 nitrogen and oxygen atoms in total. The fourth-order valence-corrected chi connectivity index (χ4v) is 3.05. The maximum atomic E-state index is 12.6. The molecule has 3 heterocycles. The molecule has 114 valence electrons. The van der Waals surface area contributed by atoms with Crippen LogP contribution in [0.2, 0.25) is 0 Å². The van der Waals surface area contributed by atoms with E-state index in [-0.39, 0.29) is 11.3 Å². The highest BCUT2D eigenvalue weighted by Gasteiger charge is 2.25. The van der Waals surface area contributed by atoms with Gasteiger partial charge in [0.25, 0.3) is 11.5 Å². The van der Waals surface area contributed by atoms with Crippen LogP contribution in [0.5, 0.6) is 5.75 Å². The van der Waals surface area contributed by atoms with Crippen molar-refractivity contribution in [2.24, 2.45) is 0 Å². The molecule has 0 saturated carbocycles. The van der Waals surface area contributed by atoms with Gasteiger partial charge in [-0.3, -0.25) is 14.6 Å². The first-order chi connectivity index (χ1) is 11.2. The zero-order valence-electron chi connectivity index (χ0n) is 12.1. The number of pyridine rings is 2.